The second-order valence-electron chi connectivity index (χ2n) is 6.58. The molecule has 0 radical (unpaired) electrons. The van der Waals surface area contributed by atoms with Crippen molar-refractivity contribution >= 4 is 50.6 Å². The number of carbonyl (C=O) groups excluding carboxylic acids is 2. The standard InChI is InChI=1S/C21H25N3O6S2/c1-3-14-30-20(26)13-12-19(25)23-21(31)22-15-6-10-18(11-7-15)32(27,28)24-16-4-8-17(29-2)9-5-16/h4-11,24H,3,12-14H2,1-2H3,(H2,22,23,25,31). The Morgan fingerprint density at radius 2 is 1.59 bits per heavy atom. The van der Waals surface area contributed by atoms with Crippen molar-refractivity contribution in [3.63, 3.8) is 0 Å². The van der Waals surface area contributed by atoms with E-state index in [1.165, 1.54) is 31.4 Å². The summed E-state index contributed by atoms with van der Waals surface area (Å²) in [7, 11) is -2.26. The highest BCUT2D eigenvalue weighted by Crippen LogP contribution is 2.20. The molecular formula is C21H25N3O6S2. The number of hydrogen-bond acceptors (Lipinski definition) is 7. The summed E-state index contributed by atoms with van der Waals surface area (Å²) in [4.78, 5) is 23.4. The summed E-state index contributed by atoms with van der Waals surface area (Å²) in [5.74, 6) is -0.261. The van der Waals surface area contributed by atoms with E-state index in [0.717, 1.165) is 0 Å². The number of methoxy groups -OCH3 is 1. The number of sulfonamides is 1. The van der Waals surface area contributed by atoms with Crippen molar-refractivity contribution in [2.45, 2.75) is 31.1 Å². The van der Waals surface area contributed by atoms with Crippen LogP contribution in [-0.4, -0.2) is 39.1 Å². The fourth-order valence-electron chi connectivity index (χ4n) is 2.45. The number of benzene rings is 2. The molecule has 9 nitrogen and oxygen atoms in total. The molecule has 0 spiro atoms. The maximum atomic E-state index is 12.5. The van der Waals surface area contributed by atoms with E-state index >= 15 is 0 Å². The molecular weight excluding hydrogens is 454 g/mol. The van der Waals surface area contributed by atoms with Crippen LogP contribution >= 0.6 is 12.2 Å². The lowest BCUT2D eigenvalue weighted by Crippen LogP contribution is -2.34. The van der Waals surface area contributed by atoms with Gasteiger partial charge in [-0.1, -0.05) is 6.92 Å². The van der Waals surface area contributed by atoms with Crippen LogP contribution in [0.4, 0.5) is 11.4 Å². The highest BCUT2D eigenvalue weighted by atomic mass is 32.2. The lowest BCUT2D eigenvalue weighted by atomic mass is 10.3. The van der Waals surface area contributed by atoms with Crippen LogP contribution < -0.4 is 20.1 Å². The molecule has 0 saturated carbocycles. The Hall–Kier alpha value is -3.18. The molecule has 0 atom stereocenters. The average molecular weight is 480 g/mol. The van der Waals surface area contributed by atoms with Gasteiger partial charge in [0.2, 0.25) is 5.91 Å². The van der Waals surface area contributed by atoms with Gasteiger partial charge >= 0.3 is 5.97 Å². The van der Waals surface area contributed by atoms with Gasteiger partial charge in [-0.3, -0.25) is 14.3 Å². The van der Waals surface area contributed by atoms with E-state index < -0.39 is 21.9 Å². The van der Waals surface area contributed by atoms with Crippen molar-refractivity contribution in [2.24, 2.45) is 0 Å². The summed E-state index contributed by atoms with van der Waals surface area (Å²) in [5.41, 5.74) is 0.886. The maximum absolute atomic E-state index is 12.5. The van der Waals surface area contributed by atoms with E-state index in [-0.39, 0.29) is 22.8 Å². The minimum absolute atomic E-state index is 0.0314. The fraction of sp³-hybridized carbons (Fsp3) is 0.286. The van der Waals surface area contributed by atoms with Crippen molar-refractivity contribution in [2.75, 3.05) is 23.8 Å². The SMILES string of the molecule is CCCOC(=O)CCC(=O)NC(=S)Nc1ccc(S(=O)(=O)Nc2ccc(OC)cc2)cc1. The van der Waals surface area contributed by atoms with Crippen molar-refractivity contribution in [1.82, 2.24) is 5.32 Å². The number of thiocarbonyl (C=S) groups is 1. The average Bonchev–Trinajstić information content (AvgIpc) is 2.76. The summed E-state index contributed by atoms with van der Waals surface area (Å²) >= 11 is 5.08. The third-order valence-electron chi connectivity index (χ3n) is 4.04. The molecule has 32 heavy (non-hydrogen) atoms. The molecule has 0 aliphatic rings. The number of rotatable bonds is 10. The highest BCUT2D eigenvalue weighted by molar-refractivity contribution is 7.92. The smallest absolute Gasteiger partial charge is 0.306 e. The lowest BCUT2D eigenvalue weighted by molar-refractivity contribution is -0.144. The van der Waals surface area contributed by atoms with Crippen molar-refractivity contribution in [3.05, 3.63) is 48.5 Å². The molecule has 0 aliphatic carbocycles. The first-order valence-corrected chi connectivity index (χ1v) is 11.7. The van der Waals surface area contributed by atoms with Crippen LogP contribution in [0.3, 0.4) is 0 Å². The Morgan fingerprint density at radius 3 is 2.19 bits per heavy atom. The van der Waals surface area contributed by atoms with Crippen LogP contribution in [0.25, 0.3) is 0 Å². The zero-order valence-corrected chi connectivity index (χ0v) is 19.3. The number of anilines is 2. The molecule has 1 amide bonds. The van der Waals surface area contributed by atoms with Gasteiger partial charge in [-0.2, -0.15) is 0 Å². The summed E-state index contributed by atoms with van der Waals surface area (Å²) in [6.45, 7) is 2.20. The van der Waals surface area contributed by atoms with Crippen molar-refractivity contribution in [1.29, 1.82) is 0 Å². The van der Waals surface area contributed by atoms with Crippen LogP contribution in [0, 0.1) is 0 Å². The van der Waals surface area contributed by atoms with Crippen molar-refractivity contribution < 1.29 is 27.5 Å². The summed E-state index contributed by atoms with van der Waals surface area (Å²) in [6.07, 6.45) is 0.615. The molecule has 0 bridgehead atoms. The van der Waals surface area contributed by atoms with Crippen LogP contribution in [0.1, 0.15) is 26.2 Å². The van der Waals surface area contributed by atoms with E-state index in [9.17, 15) is 18.0 Å². The maximum Gasteiger partial charge on any atom is 0.306 e. The van der Waals surface area contributed by atoms with Crippen LogP contribution in [0.15, 0.2) is 53.4 Å². The predicted octanol–water partition coefficient (Wildman–Crippen LogP) is 3.04. The number of carbonyl (C=O) groups is 2. The Balaban J connectivity index is 1.87. The Bertz CT molecular complexity index is 1040. The third kappa shape index (κ3) is 8.16. The first-order valence-electron chi connectivity index (χ1n) is 9.77. The molecule has 172 valence electrons. The topological polar surface area (TPSA) is 123 Å². The minimum atomic E-state index is -3.78. The van der Waals surface area contributed by atoms with Gasteiger partial charge in [-0.25, -0.2) is 8.42 Å². The van der Waals surface area contributed by atoms with Gasteiger partial charge < -0.3 is 20.1 Å². The molecule has 2 rings (SSSR count). The largest absolute Gasteiger partial charge is 0.497 e. The van der Waals surface area contributed by atoms with Gasteiger partial charge in [-0.05, 0) is 67.2 Å². The molecule has 0 aromatic heterocycles. The fourth-order valence-corrected chi connectivity index (χ4v) is 3.74. The zero-order valence-electron chi connectivity index (χ0n) is 17.7. The van der Waals surface area contributed by atoms with E-state index in [1.807, 2.05) is 6.92 Å². The van der Waals surface area contributed by atoms with E-state index in [4.69, 9.17) is 21.7 Å². The Labute approximate surface area is 192 Å². The van der Waals surface area contributed by atoms with Crippen LogP contribution in [-0.2, 0) is 24.3 Å². The van der Waals surface area contributed by atoms with Gasteiger partial charge in [0, 0.05) is 17.8 Å². The first-order chi connectivity index (χ1) is 15.2. The number of ether oxygens (including phenoxy) is 2. The van der Waals surface area contributed by atoms with Gasteiger partial charge in [0.1, 0.15) is 5.75 Å². The van der Waals surface area contributed by atoms with Gasteiger partial charge in [0.15, 0.2) is 5.11 Å². The van der Waals surface area contributed by atoms with Gasteiger partial charge in [0.25, 0.3) is 10.0 Å². The minimum Gasteiger partial charge on any atom is -0.497 e. The normalized spacial score (nSPS) is 10.7. The van der Waals surface area contributed by atoms with Gasteiger partial charge in [-0.15, -0.1) is 0 Å². The van der Waals surface area contributed by atoms with Crippen LogP contribution in [0.2, 0.25) is 0 Å². The Kier molecular flexibility index (Phi) is 9.41. The van der Waals surface area contributed by atoms with Gasteiger partial charge in [0.05, 0.1) is 25.0 Å². The van der Waals surface area contributed by atoms with E-state index in [1.54, 1.807) is 24.3 Å². The monoisotopic (exact) mass is 479 g/mol. The molecule has 0 unspecified atom stereocenters. The number of amides is 1. The summed E-state index contributed by atoms with van der Waals surface area (Å²) in [6, 6.07) is 12.3. The summed E-state index contributed by atoms with van der Waals surface area (Å²) in [5, 5.41) is 5.28. The quantitative estimate of drug-likeness (QED) is 0.351. The van der Waals surface area contributed by atoms with Crippen molar-refractivity contribution in [3.8, 4) is 5.75 Å². The second kappa shape index (κ2) is 12.0. The third-order valence-corrected chi connectivity index (χ3v) is 5.64. The molecule has 2 aromatic rings. The molecule has 3 N–H and O–H groups in total. The zero-order chi connectivity index (χ0) is 23.6. The molecule has 0 saturated heterocycles. The molecule has 2 aromatic carbocycles. The first kappa shape index (κ1) is 25.1. The predicted molar refractivity (Wildman–Crippen MR) is 125 cm³/mol. The van der Waals surface area contributed by atoms with Crippen LogP contribution in [0.5, 0.6) is 5.75 Å². The Morgan fingerprint density at radius 1 is 0.969 bits per heavy atom. The second-order valence-corrected chi connectivity index (χ2v) is 8.67. The molecule has 0 fully saturated rings. The molecule has 0 heterocycles. The number of nitrogens with one attached hydrogen (secondary N) is 3. The van der Waals surface area contributed by atoms with E-state index in [0.29, 0.717) is 30.2 Å². The highest BCUT2D eigenvalue weighted by Gasteiger charge is 2.15. The number of hydrogen-bond donors (Lipinski definition) is 3. The molecule has 11 heteroatoms. The lowest BCUT2D eigenvalue weighted by Gasteiger charge is -2.11. The molecule has 0 aliphatic heterocycles. The summed E-state index contributed by atoms with van der Waals surface area (Å²) < 4.78 is 37.5. The number of esters is 1. The van der Waals surface area contributed by atoms with E-state index in [2.05, 4.69) is 15.4 Å².